The van der Waals surface area contributed by atoms with Crippen molar-refractivity contribution >= 4 is 23.9 Å². The summed E-state index contributed by atoms with van der Waals surface area (Å²) >= 11 is 0. The molecule has 33 heavy (non-hydrogen) atoms. The Morgan fingerprint density at radius 3 is 2.06 bits per heavy atom. The number of aliphatic carboxylic acids is 1. The zero-order valence-corrected chi connectivity index (χ0v) is 18.7. The van der Waals surface area contributed by atoms with E-state index in [4.69, 9.17) is 9.84 Å². The molecule has 0 bridgehead atoms. The zero-order valence-electron chi connectivity index (χ0n) is 18.7. The number of carboxylic acids is 1. The minimum atomic E-state index is -1.41. The molecule has 9 nitrogen and oxygen atoms in total. The van der Waals surface area contributed by atoms with Crippen LogP contribution in [0.5, 0.6) is 0 Å². The number of fused-ring (bicyclic) bond motifs is 3. The number of carbonyl (C=O) groups excluding carboxylic acids is 3. The molecule has 3 amide bonds. The Kier molecular flexibility index (Phi) is 7.01. The molecule has 0 saturated heterocycles. The summed E-state index contributed by atoms with van der Waals surface area (Å²) in [5.41, 5.74) is 2.89. The number of rotatable bonds is 8. The van der Waals surface area contributed by atoms with Crippen molar-refractivity contribution in [2.75, 3.05) is 13.7 Å². The van der Waals surface area contributed by atoms with E-state index >= 15 is 0 Å². The summed E-state index contributed by atoms with van der Waals surface area (Å²) in [5, 5.41) is 16.4. The van der Waals surface area contributed by atoms with Crippen LogP contribution in [-0.4, -0.2) is 54.2 Å². The topological polar surface area (TPSA) is 134 Å². The van der Waals surface area contributed by atoms with E-state index in [1.807, 2.05) is 48.5 Å². The molecule has 4 N–H and O–H groups in total. The summed E-state index contributed by atoms with van der Waals surface area (Å²) in [7, 11) is 1.42. The number of carboxylic acid groups (broad SMARTS) is 1. The number of carbonyl (C=O) groups is 4. The Morgan fingerprint density at radius 1 is 1.00 bits per heavy atom. The minimum absolute atomic E-state index is 0.0189. The van der Waals surface area contributed by atoms with E-state index in [0.717, 1.165) is 22.3 Å². The van der Waals surface area contributed by atoms with Crippen LogP contribution in [0.25, 0.3) is 11.1 Å². The molecule has 0 spiro atoms. The van der Waals surface area contributed by atoms with Crippen LogP contribution in [0.15, 0.2) is 48.5 Å². The molecule has 1 aliphatic carbocycles. The highest BCUT2D eigenvalue weighted by molar-refractivity contribution is 5.95. The maximum Gasteiger partial charge on any atom is 0.407 e. The van der Waals surface area contributed by atoms with Gasteiger partial charge in [0.25, 0.3) is 0 Å². The summed E-state index contributed by atoms with van der Waals surface area (Å²) in [5.74, 6) is -2.74. The molecule has 1 aliphatic rings. The third-order valence-electron chi connectivity index (χ3n) is 5.56. The molecule has 1 unspecified atom stereocenters. The van der Waals surface area contributed by atoms with Crippen LogP contribution >= 0.6 is 0 Å². The molecule has 0 aromatic heterocycles. The average molecular weight is 453 g/mol. The largest absolute Gasteiger partial charge is 0.481 e. The molecule has 174 valence electrons. The molecule has 0 fully saturated rings. The lowest BCUT2D eigenvalue weighted by molar-refractivity contribution is -0.140. The maximum atomic E-state index is 12.6. The molecule has 0 radical (unpaired) electrons. The minimum Gasteiger partial charge on any atom is -0.481 e. The predicted octanol–water partition coefficient (Wildman–Crippen LogP) is 2.01. The number of hydrogen-bond acceptors (Lipinski definition) is 5. The molecular formula is C24H27N3O6. The van der Waals surface area contributed by atoms with Crippen LogP contribution in [0.4, 0.5) is 4.79 Å². The van der Waals surface area contributed by atoms with Gasteiger partial charge in [0.15, 0.2) is 0 Å². The molecule has 9 heteroatoms. The van der Waals surface area contributed by atoms with Gasteiger partial charge >= 0.3 is 12.1 Å². The van der Waals surface area contributed by atoms with E-state index in [0.29, 0.717) is 0 Å². The predicted molar refractivity (Wildman–Crippen MR) is 121 cm³/mol. The van der Waals surface area contributed by atoms with Crippen molar-refractivity contribution < 1.29 is 29.0 Å². The molecule has 0 saturated carbocycles. The number of nitrogens with one attached hydrogen (secondary N) is 3. The fourth-order valence-corrected chi connectivity index (χ4v) is 3.93. The van der Waals surface area contributed by atoms with Crippen molar-refractivity contribution in [3.05, 3.63) is 59.7 Å². The first-order valence-electron chi connectivity index (χ1n) is 10.5. The molecule has 1 atom stereocenters. The van der Waals surface area contributed by atoms with E-state index in [9.17, 15) is 19.2 Å². The molecule has 2 aromatic rings. The molecule has 0 aliphatic heterocycles. The van der Waals surface area contributed by atoms with Crippen molar-refractivity contribution in [3.8, 4) is 11.1 Å². The van der Waals surface area contributed by atoms with Crippen LogP contribution < -0.4 is 16.0 Å². The van der Waals surface area contributed by atoms with Crippen LogP contribution in [0.3, 0.4) is 0 Å². The molecule has 3 rings (SSSR count). The lowest BCUT2D eigenvalue weighted by Gasteiger charge is -2.27. The fraction of sp³-hybridized carbons (Fsp3) is 0.333. The van der Waals surface area contributed by atoms with Crippen molar-refractivity contribution in [3.63, 3.8) is 0 Å². The normalized spacial score (nSPS) is 13.3. The van der Waals surface area contributed by atoms with E-state index in [1.54, 1.807) is 0 Å². The number of benzene rings is 2. The second-order valence-electron chi connectivity index (χ2n) is 8.31. The average Bonchev–Trinajstić information content (AvgIpc) is 3.09. The van der Waals surface area contributed by atoms with Gasteiger partial charge in [-0.15, -0.1) is 0 Å². The summed E-state index contributed by atoms with van der Waals surface area (Å²) < 4.78 is 5.40. The van der Waals surface area contributed by atoms with Gasteiger partial charge in [-0.1, -0.05) is 48.5 Å². The van der Waals surface area contributed by atoms with Gasteiger partial charge in [0.05, 0.1) is 6.42 Å². The Balaban J connectivity index is 1.68. The van der Waals surface area contributed by atoms with Gasteiger partial charge in [-0.05, 0) is 36.1 Å². The first-order valence-corrected chi connectivity index (χ1v) is 10.5. The Bertz CT molecular complexity index is 1040. The quantitative estimate of drug-likeness (QED) is 0.483. The Hall–Kier alpha value is -3.88. The fourth-order valence-electron chi connectivity index (χ4n) is 3.93. The van der Waals surface area contributed by atoms with Gasteiger partial charge in [-0.25, -0.2) is 4.79 Å². The second-order valence-corrected chi connectivity index (χ2v) is 8.31. The van der Waals surface area contributed by atoms with Crippen LogP contribution in [0.2, 0.25) is 0 Å². The maximum absolute atomic E-state index is 12.6. The van der Waals surface area contributed by atoms with Crippen molar-refractivity contribution in [2.45, 2.75) is 37.8 Å². The van der Waals surface area contributed by atoms with E-state index in [1.165, 1.54) is 20.9 Å². The second kappa shape index (κ2) is 9.72. The molecular weight excluding hydrogens is 426 g/mol. The molecule has 2 aromatic carbocycles. The smallest absolute Gasteiger partial charge is 0.407 e. The Labute approximate surface area is 191 Å². The first-order chi connectivity index (χ1) is 15.6. The third-order valence-corrected chi connectivity index (χ3v) is 5.56. The number of amides is 3. The van der Waals surface area contributed by atoms with E-state index in [-0.39, 0.29) is 12.5 Å². The van der Waals surface area contributed by atoms with E-state index < -0.39 is 41.9 Å². The van der Waals surface area contributed by atoms with Gasteiger partial charge in [-0.3, -0.25) is 14.4 Å². The lowest BCUT2D eigenvalue weighted by Crippen LogP contribution is -2.59. The van der Waals surface area contributed by atoms with Crippen molar-refractivity contribution in [1.82, 2.24) is 16.0 Å². The highest BCUT2D eigenvalue weighted by Crippen LogP contribution is 2.44. The number of likely N-dealkylation sites (N-methyl/N-ethyl adjacent to an activating group) is 1. The van der Waals surface area contributed by atoms with Gasteiger partial charge in [-0.2, -0.15) is 0 Å². The highest BCUT2D eigenvalue weighted by atomic mass is 16.5. The number of ether oxygens (including phenoxy) is 1. The standard InChI is InChI=1S/C24H27N3O6/c1-24(2,22(31)25-3)27-21(30)19(12-20(28)29)26-23(32)33-13-18-16-10-6-4-8-14(16)15-9-5-7-11-17(15)18/h4-11,18-19H,12-13H2,1-3H3,(H,25,31)(H,26,32)(H,27,30)(H,28,29). The van der Waals surface area contributed by atoms with Crippen molar-refractivity contribution in [2.24, 2.45) is 0 Å². The first kappa shape index (κ1) is 23.8. The highest BCUT2D eigenvalue weighted by Gasteiger charge is 2.34. The van der Waals surface area contributed by atoms with Crippen LogP contribution in [0.1, 0.15) is 37.3 Å². The van der Waals surface area contributed by atoms with Gasteiger partial charge in [0.1, 0.15) is 18.2 Å². The molecule has 0 heterocycles. The third kappa shape index (κ3) is 5.31. The van der Waals surface area contributed by atoms with E-state index in [2.05, 4.69) is 16.0 Å². The van der Waals surface area contributed by atoms with Crippen LogP contribution in [-0.2, 0) is 19.1 Å². The van der Waals surface area contributed by atoms with Crippen LogP contribution in [0, 0.1) is 0 Å². The SMILES string of the molecule is CNC(=O)C(C)(C)NC(=O)C(CC(=O)O)NC(=O)OCC1c2ccccc2-c2ccccc21. The summed E-state index contributed by atoms with van der Waals surface area (Å²) in [6, 6.07) is 14.3. The zero-order chi connectivity index (χ0) is 24.2. The number of hydrogen-bond donors (Lipinski definition) is 4. The lowest BCUT2D eigenvalue weighted by atomic mass is 9.98. The van der Waals surface area contributed by atoms with Gasteiger partial charge in [0.2, 0.25) is 11.8 Å². The summed E-state index contributed by atoms with van der Waals surface area (Å²) in [4.78, 5) is 48.3. The summed E-state index contributed by atoms with van der Waals surface area (Å²) in [6.07, 6.45) is -1.59. The van der Waals surface area contributed by atoms with Crippen molar-refractivity contribution in [1.29, 1.82) is 0 Å². The van der Waals surface area contributed by atoms with Gasteiger partial charge in [0, 0.05) is 13.0 Å². The summed E-state index contributed by atoms with van der Waals surface area (Å²) in [6.45, 7) is 2.95. The van der Waals surface area contributed by atoms with Gasteiger partial charge < -0.3 is 25.8 Å². The number of alkyl carbamates (subject to hydrolysis) is 1. The monoisotopic (exact) mass is 453 g/mol. The Morgan fingerprint density at radius 2 is 1.55 bits per heavy atom.